The lowest BCUT2D eigenvalue weighted by molar-refractivity contribution is 0.208. The van der Waals surface area contributed by atoms with Crippen LogP contribution in [0, 0.1) is 0 Å². The van der Waals surface area contributed by atoms with Crippen molar-refractivity contribution in [3.05, 3.63) is 28.2 Å². The van der Waals surface area contributed by atoms with Crippen LogP contribution in [0.5, 0.6) is 5.75 Å². The highest BCUT2D eigenvalue weighted by Crippen LogP contribution is 2.28. The number of benzene rings is 1. The van der Waals surface area contributed by atoms with Gasteiger partial charge in [-0.05, 0) is 62.4 Å². The predicted molar refractivity (Wildman–Crippen MR) is 69.8 cm³/mol. The van der Waals surface area contributed by atoms with E-state index < -0.39 is 0 Å². The van der Waals surface area contributed by atoms with Gasteiger partial charge < -0.3 is 10.5 Å². The molecular formula is C13H18BrNO. The minimum atomic E-state index is 0.415. The number of halogens is 1. The zero-order valence-corrected chi connectivity index (χ0v) is 11.0. The Labute approximate surface area is 105 Å². The van der Waals surface area contributed by atoms with Crippen LogP contribution in [0.2, 0.25) is 0 Å². The molecule has 1 aromatic carbocycles. The highest BCUT2D eigenvalue weighted by atomic mass is 79.9. The fourth-order valence-corrected chi connectivity index (χ4v) is 2.61. The Bertz CT molecular complexity index is 348. The molecule has 1 aliphatic rings. The molecule has 0 aliphatic heterocycles. The van der Waals surface area contributed by atoms with E-state index in [2.05, 4.69) is 22.0 Å². The van der Waals surface area contributed by atoms with Crippen molar-refractivity contribution in [3.8, 4) is 5.75 Å². The molecule has 0 amide bonds. The van der Waals surface area contributed by atoms with Crippen LogP contribution in [0.4, 0.5) is 0 Å². The Kier molecular flexibility index (Phi) is 4.24. The third kappa shape index (κ3) is 2.98. The number of rotatable bonds is 4. The van der Waals surface area contributed by atoms with Crippen molar-refractivity contribution in [3.63, 3.8) is 0 Å². The molecule has 2 rings (SSSR count). The average Bonchev–Trinajstić information content (AvgIpc) is 2.75. The van der Waals surface area contributed by atoms with Crippen molar-refractivity contribution in [2.75, 3.05) is 6.54 Å². The predicted octanol–water partition coefficient (Wildman–Crippen LogP) is 3.27. The third-order valence-electron chi connectivity index (χ3n) is 3.03. The zero-order valence-electron chi connectivity index (χ0n) is 9.42. The maximum Gasteiger partial charge on any atom is 0.123 e. The second kappa shape index (κ2) is 5.69. The molecule has 1 saturated carbocycles. The maximum absolute atomic E-state index is 6.04. The van der Waals surface area contributed by atoms with Crippen LogP contribution in [-0.2, 0) is 6.42 Å². The standard InChI is InChI=1S/C13H18BrNO/c14-11-5-6-13(10(9-11)7-8-15)16-12-3-1-2-4-12/h5-6,9,12H,1-4,7-8,15H2. The first-order valence-electron chi connectivity index (χ1n) is 5.95. The van der Waals surface area contributed by atoms with Gasteiger partial charge in [-0.1, -0.05) is 15.9 Å². The molecule has 0 unspecified atom stereocenters. The van der Waals surface area contributed by atoms with Gasteiger partial charge in [-0.3, -0.25) is 0 Å². The molecule has 2 nitrogen and oxygen atoms in total. The van der Waals surface area contributed by atoms with Crippen LogP contribution in [0.3, 0.4) is 0 Å². The highest BCUT2D eigenvalue weighted by Gasteiger charge is 2.17. The largest absolute Gasteiger partial charge is 0.490 e. The van der Waals surface area contributed by atoms with Gasteiger partial charge in [0.1, 0.15) is 5.75 Å². The molecule has 0 radical (unpaired) electrons. The molecule has 1 fully saturated rings. The molecule has 3 heteroatoms. The van der Waals surface area contributed by atoms with Crippen LogP contribution in [0.25, 0.3) is 0 Å². The van der Waals surface area contributed by atoms with E-state index >= 15 is 0 Å². The minimum absolute atomic E-state index is 0.415. The molecule has 0 atom stereocenters. The van der Waals surface area contributed by atoms with E-state index in [-0.39, 0.29) is 0 Å². The molecule has 0 spiro atoms. The van der Waals surface area contributed by atoms with Crippen molar-refractivity contribution in [1.29, 1.82) is 0 Å². The van der Waals surface area contributed by atoms with Gasteiger partial charge in [0, 0.05) is 4.47 Å². The number of nitrogens with two attached hydrogens (primary N) is 1. The Morgan fingerprint density at radius 1 is 1.31 bits per heavy atom. The molecule has 0 saturated heterocycles. The van der Waals surface area contributed by atoms with Gasteiger partial charge in [-0.2, -0.15) is 0 Å². The van der Waals surface area contributed by atoms with Crippen LogP contribution in [-0.4, -0.2) is 12.6 Å². The summed E-state index contributed by atoms with van der Waals surface area (Å²) >= 11 is 3.48. The number of hydrogen-bond acceptors (Lipinski definition) is 2. The highest BCUT2D eigenvalue weighted by molar-refractivity contribution is 9.10. The summed E-state index contributed by atoms with van der Waals surface area (Å²) in [6.07, 6.45) is 6.27. The molecular weight excluding hydrogens is 266 g/mol. The van der Waals surface area contributed by atoms with Crippen molar-refractivity contribution in [2.45, 2.75) is 38.2 Å². The van der Waals surface area contributed by atoms with Crippen LogP contribution >= 0.6 is 15.9 Å². The summed E-state index contributed by atoms with van der Waals surface area (Å²) in [5.41, 5.74) is 6.83. The molecule has 88 valence electrons. The second-order valence-electron chi connectivity index (χ2n) is 4.32. The first-order valence-corrected chi connectivity index (χ1v) is 6.74. The summed E-state index contributed by atoms with van der Waals surface area (Å²) in [7, 11) is 0. The third-order valence-corrected chi connectivity index (χ3v) is 3.53. The van der Waals surface area contributed by atoms with Crippen LogP contribution in [0.15, 0.2) is 22.7 Å². The van der Waals surface area contributed by atoms with Crippen LogP contribution in [0.1, 0.15) is 31.2 Å². The lowest BCUT2D eigenvalue weighted by Gasteiger charge is -2.16. The number of hydrogen-bond donors (Lipinski definition) is 1. The van der Waals surface area contributed by atoms with Crippen molar-refractivity contribution in [1.82, 2.24) is 0 Å². The van der Waals surface area contributed by atoms with E-state index in [1.54, 1.807) is 0 Å². The van der Waals surface area contributed by atoms with E-state index in [0.717, 1.165) is 16.6 Å². The topological polar surface area (TPSA) is 35.2 Å². The normalized spacial score (nSPS) is 16.6. The molecule has 1 aromatic rings. The zero-order chi connectivity index (χ0) is 11.4. The summed E-state index contributed by atoms with van der Waals surface area (Å²) in [6.45, 7) is 0.664. The van der Waals surface area contributed by atoms with Crippen molar-refractivity contribution in [2.24, 2.45) is 5.73 Å². The monoisotopic (exact) mass is 283 g/mol. The molecule has 16 heavy (non-hydrogen) atoms. The fraction of sp³-hybridized carbons (Fsp3) is 0.538. The van der Waals surface area contributed by atoms with E-state index in [9.17, 15) is 0 Å². The molecule has 0 bridgehead atoms. The average molecular weight is 284 g/mol. The van der Waals surface area contributed by atoms with E-state index in [0.29, 0.717) is 12.6 Å². The van der Waals surface area contributed by atoms with Crippen molar-refractivity contribution >= 4 is 15.9 Å². The minimum Gasteiger partial charge on any atom is -0.490 e. The maximum atomic E-state index is 6.04. The van der Waals surface area contributed by atoms with Gasteiger partial charge in [-0.15, -0.1) is 0 Å². The van der Waals surface area contributed by atoms with Gasteiger partial charge in [-0.25, -0.2) is 0 Å². The van der Waals surface area contributed by atoms with Crippen molar-refractivity contribution < 1.29 is 4.74 Å². The Morgan fingerprint density at radius 3 is 2.75 bits per heavy atom. The molecule has 0 heterocycles. The van der Waals surface area contributed by atoms with Gasteiger partial charge in [0.15, 0.2) is 0 Å². The quantitative estimate of drug-likeness (QED) is 0.921. The molecule has 2 N–H and O–H groups in total. The Hall–Kier alpha value is -0.540. The van der Waals surface area contributed by atoms with Gasteiger partial charge >= 0.3 is 0 Å². The first-order chi connectivity index (χ1) is 7.79. The Balaban J connectivity index is 2.11. The summed E-state index contributed by atoms with van der Waals surface area (Å²) in [5, 5.41) is 0. The van der Waals surface area contributed by atoms with Gasteiger partial charge in [0.2, 0.25) is 0 Å². The summed E-state index contributed by atoms with van der Waals surface area (Å²) in [5.74, 6) is 1.01. The first kappa shape index (κ1) is 11.9. The SMILES string of the molecule is NCCc1cc(Br)ccc1OC1CCCC1. The Morgan fingerprint density at radius 2 is 2.06 bits per heavy atom. The van der Waals surface area contributed by atoms with Gasteiger partial charge in [0.05, 0.1) is 6.10 Å². The van der Waals surface area contributed by atoms with Gasteiger partial charge in [0.25, 0.3) is 0 Å². The van der Waals surface area contributed by atoms with Crippen LogP contribution < -0.4 is 10.5 Å². The molecule has 0 aromatic heterocycles. The lowest BCUT2D eigenvalue weighted by atomic mass is 10.1. The van der Waals surface area contributed by atoms with E-state index in [4.69, 9.17) is 10.5 Å². The van der Waals surface area contributed by atoms with E-state index in [1.807, 2.05) is 12.1 Å². The summed E-state index contributed by atoms with van der Waals surface area (Å²) in [6, 6.07) is 6.19. The summed E-state index contributed by atoms with van der Waals surface area (Å²) in [4.78, 5) is 0. The lowest BCUT2D eigenvalue weighted by Crippen LogP contribution is -2.13. The molecule has 1 aliphatic carbocycles. The second-order valence-corrected chi connectivity index (χ2v) is 5.23. The van der Waals surface area contributed by atoms with E-state index in [1.165, 1.54) is 31.2 Å². The number of ether oxygens (including phenoxy) is 1. The fourth-order valence-electron chi connectivity index (χ4n) is 2.20. The smallest absolute Gasteiger partial charge is 0.123 e. The summed E-state index contributed by atoms with van der Waals surface area (Å²) < 4.78 is 7.13.